The van der Waals surface area contributed by atoms with Crippen LogP contribution in [-0.2, 0) is 75.2 Å². The summed E-state index contributed by atoms with van der Waals surface area (Å²) in [5.41, 5.74) is 7.24. The monoisotopic (exact) mass is 897 g/mol. The lowest BCUT2D eigenvalue weighted by molar-refractivity contribution is -0.197. The molecule has 20 heteroatoms. The number of carbonyl (C=O) groups is 3. The summed E-state index contributed by atoms with van der Waals surface area (Å²) in [6.07, 6.45) is 6.50. The highest BCUT2D eigenvalue weighted by atomic mass is 32.2. The minimum Gasteiger partial charge on any atom is -0.455 e. The van der Waals surface area contributed by atoms with Crippen LogP contribution in [0.2, 0.25) is 0 Å². The van der Waals surface area contributed by atoms with E-state index in [0.29, 0.717) is 17.1 Å². The van der Waals surface area contributed by atoms with Crippen LogP contribution in [0.4, 0.5) is 5.69 Å². The highest BCUT2D eigenvalue weighted by Crippen LogP contribution is 2.49. The summed E-state index contributed by atoms with van der Waals surface area (Å²) in [6, 6.07) is 7.85. The topological polar surface area (TPSA) is 234 Å². The Labute approximate surface area is 352 Å². The van der Waals surface area contributed by atoms with Gasteiger partial charge in [-0.15, -0.1) is 5.06 Å². The lowest BCUT2D eigenvalue weighted by atomic mass is 9.82. The van der Waals surface area contributed by atoms with Gasteiger partial charge in [0, 0.05) is 77.6 Å². The van der Waals surface area contributed by atoms with E-state index in [1.165, 1.54) is 23.2 Å². The van der Waals surface area contributed by atoms with Crippen LogP contribution in [-0.4, -0.2) is 95.2 Å². The summed E-state index contributed by atoms with van der Waals surface area (Å²) in [5, 5.41) is -0.116. The molecule has 6 aliphatic heterocycles. The van der Waals surface area contributed by atoms with Crippen molar-refractivity contribution < 1.29 is 58.3 Å². The number of hydrogen-bond donors (Lipinski definition) is 3. The van der Waals surface area contributed by atoms with Crippen LogP contribution in [0.3, 0.4) is 0 Å². The molecule has 1 atom stereocenters. The van der Waals surface area contributed by atoms with Gasteiger partial charge in [-0.1, -0.05) is 12.5 Å². The first-order chi connectivity index (χ1) is 29.0. The summed E-state index contributed by atoms with van der Waals surface area (Å²) in [6.45, 7) is 3.63. The van der Waals surface area contributed by atoms with Gasteiger partial charge in [0.15, 0.2) is 5.25 Å². The van der Waals surface area contributed by atoms with E-state index >= 15 is 0 Å². The third-order valence-corrected chi connectivity index (χ3v) is 15.9. The van der Waals surface area contributed by atoms with Gasteiger partial charge in [-0.25, -0.2) is 22.5 Å². The predicted molar refractivity (Wildman–Crippen MR) is 218 cm³/mol. The van der Waals surface area contributed by atoms with Crippen LogP contribution in [0.15, 0.2) is 40.1 Å². The Morgan fingerprint density at radius 1 is 0.836 bits per heavy atom. The molecule has 0 saturated carbocycles. The first-order valence-corrected chi connectivity index (χ1v) is 25.0. The van der Waals surface area contributed by atoms with Crippen molar-refractivity contribution in [1.82, 2.24) is 14.4 Å². The average molecular weight is 898 g/mol. The Balaban J connectivity index is 1.05. The van der Waals surface area contributed by atoms with E-state index in [9.17, 15) is 48.7 Å². The normalized spacial score (nSPS) is 19.5. The molecule has 0 aromatic heterocycles. The molecular formula is C41H45N4O13S3+. The number of unbranched alkanes of at least 4 members (excludes halogenated alkanes) is 2. The first-order valence-electron chi connectivity index (χ1n) is 20.6. The second-order valence-corrected chi connectivity index (χ2v) is 21.1. The van der Waals surface area contributed by atoms with Gasteiger partial charge in [0.25, 0.3) is 32.1 Å². The van der Waals surface area contributed by atoms with Gasteiger partial charge in [0.1, 0.15) is 24.6 Å². The molecule has 0 radical (unpaired) electrons. The van der Waals surface area contributed by atoms with Crippen molar-refractivity contribution in [3.8, 4) is 11.5 Å². The molecule has 6 heterocycles. The molecule has 61 heavy (non-hydrogen) atoms. The number of ether oxygens (including phenoxy) is 1. The number of hydrogen-bond acceptors (Lipinski definition) is 12. The highest BCUT2D eigenvalue weighted by molar-refractivity contribution is 7.89. The molecule has 3 aromatic carbocycles. The van der Waals surface area contributed by atoms with Gasteiger partial charge < -0.3 is 14.5 Å². The lowest BCUT2D eigenvalue weighted by Crippen LogP contribution is -2.45. The molecule has 1 saturated heterocycles. The molecule has 3 aromatic rings. The number of imide groups is 1. The molecule has 17 nitrogen and oxygen atoms in total. The summed E-state index contributed by atoms with van der Waals surface area (Å²) < 4.78 is 108. The molecular weight excluding hydrogens is 853 g/mol. The molecule has 2 amide bonds. The maximum atomic E-state index is 14.5. The van der Waals surface area contributed by atoms with Crippen LogP contribution in [0.1, 0.15) is 91.2 Å². The maximum Gasteiger partial charge on any atom is 0.333 e. The Bertz CT molecular complexity index is 2910. The molecule has 0 aliphatic carbocycles. The Kier molecular flexibility index (Phi) is 10.6. The molecule has 9 rings (SSSR count). The number of sulfonamides is 1. The van der Waals surface area contributed by atoms with Crippen LogP contribution in [0.5, 0.6) is 11.5 Å². The van der Waals surface area contributed by atoms with Crippen molar-refractivity contribution in [1.29, 1.82) is 0 Å². The largest absolute Gasteiger partial charge is 0.455 e. The van der Waals surface area contributed by atoms with E-state index in [2.05, 4.69) is 26.3 Å². The number of carbonyl (C=O) groups excluding carboxylic acids is 3. The number of aryl methyl sites for hydroxylation is 2. The van der Waals surface area contributed by atoms with Crippen molar-refractivity contribution in [2.24, 2.45) is 0 Å². The van der Waals surface area contributed by atoms with Gasteiger partial charge >= 0.3 is 5.97 Å². The number of fused-ring (bicyclic) bond motifs is 4. The minimum absolute atomic E-state index is 0.0266. The quantitative estimate of drug-likeness (QED) is 0.0795. The smallest absolute Gasteiger partial charge is 0.333 e. The van der Waals surface area contributed by atoms with Crippen molar-refractivity contribution in [3.63, 3.8) is 0 Å². The van der Waals surface area contributed by atoms with E-state index in [0.717, 1.165) is 117 Å². The molecule has 0 bridgehead atoms. The molecule has 6 aliphatic rings. The maximum absolute atomic E-state index is 14.5. The third-order valence-electron chi connectivity index (χ3n) is 12.5. The number of nitrogens with zero attached hydrogens (tertiary/aromatic N) is 3. The van der Waals surface area contributed by atoms with Crippen molar-refractivity contribution in [2.75, 3.05) is 37.6 Å². The molecule has 324 valence electrons. The van der Waals surface area contributed by atoms with E-state index in [-0.39, 0.29) is 47.8 Å². The zero-order valence-electron chi connectivity index (χ0n) is 33.1. The van der Waals surface area contributed by atoms with Crippen molar-refractivity contribution in [3.05, 3.63) is 74.3 Å². The second-order valence-electron chi connectivity index (χ2n) is 16.4. The predicted octanol–water partition coefficient (Wildman–Crippen LogP) is 1.68. The van der Waals surface area contributed by atoms with Gasteiger partial charge in [-0.2, -0.15) is 16.8 Å². The number of benzene rings is 3. The van der Waals surface area contributed by atoms with Gasteiger partial charge in [0.2, 0.25) is 15.4 Å². The van der Waals surface area contributed by atoms with Crippen molar-refractivity contribution in [2.45, 2.75) is 98.5 Å². The fraction of sp³-hybridized carbons (Fsp3) is 0.463. The summed E-state index contributed by atoms with van der Waals surface area (Å²) in [7, 11) is -14.2. The molecule has 1 unspecified atom stereocenters. The number of anilines is 1. The second kappa shape index (κ2) is 15.6. The number of nitrogens with one attached hydrogen (secondary N) is 1. The van der Waals surface area contributed by atoms with Crippen LogP contribution in [0.25, 0.3) is 5.57 Å². The average Bonchev–Trinajstić information content (AvgIpc) is 3.50. The van der Waals surface area contributed by atoms with E-state index in [1.54, 1.807) is 0 Å². The highest BCUT2D eigenvalue weighted by Gasteiger charge is 2.48. The minimum atomic E-state index is -4.88. The Morgan fingerprint density at radius 2 is 1.56 bits per heavy atom. The number of amides is 2. The Morgan fingerprint density at radius 3 is 2.30 bits per heavy atom. The fourth-order valence-corrected chi connectivity index (χ4v) is 12.4. The zero-order chi connectivity index (χ0) is 43.0. The molecule has 0 spiro atoms. The standard InChI is InChI=1S/C41H44N4O13S3/c46-34-23-33(61(54,55)56)41(48)45(34)58-35(47)12-2-1-3-15-42-59(49,50)32-22-26(60(51,52)53)13-14-27(32)36-30-20-24-8-4-16-43-18-6-10-28(37(24)43)39(30)57-40-29-11-7-19-44-17-5-9-25(38(29)44)21-31(36)40/h13-14,20-22,33,42H,1-12,15-19,23H2,(H-,51,52,53,54,55,56)/p+1. The Hall–Kier alpha value is -4.73. The number of rotatable bonds is 12. The lowest BCUT2D eigenvalue weighted by Gasteiger charge is -2.39. The van der Waals surface area contributed by atoms with Gasteiger partial charge in [0.05, 0.1) is 21.8 Å². The van der Waals surface area contributed by atoms with Gasteiger partial charge in [-0.05, 0) is 81.2 Å². The van der Waals surface area contributed by atoms with Gasteiger partial charge in [-0.3, -0.25) is 18.7 Å². The van der Waals surface area contributed by atoms with E-state index in [1.807, 2.05) is 0 Å². The van der Waals surface area contributed by atoms with E-state index in [4.69, 9.17) is 9.57 Å². The van der Waals surface area contributed by atoms with E-state index < -0.39 is 64.6 Å². The fourth-order valence-electron chi connectivity index (χ4n) is 9.81. The first kappa shape index (κ1) is 41.6. The van der Waals surface area contributed by atoms with Crippen LogP contribution >= 0.6 is 0 Å². The number of hydroxylamine groups is 2. The third kappa shape index (κ3) is 7.54. The van der Waals surface area contributed by atoms with Crippen LogP contribution < -0.4 is 29.5 Å². The summed E-state index contributed by atoms with van der Waals surface area (Å²) >= 11 is 0. The SMILES string of the molecule is O=C(CCCCCNS(=O)(=O)c1cc(S(=O)(=O)O)ccc1C1=c2cc3c4c(c2Oc2c1cc1c5c2CCCN5CCC1)CCC[N+]=4CCC3)ON1C(=O)CC(S(=O)(=O)O)C1=O. The molecule has 3 N–H and O–H groups in total. The van der Waals surface area contributed by atoms with Crippen molar-refractivity contribution >= 4 is 59.3 Å². The zero-order valence-corrected chi connectivity index (χ0v) is 35.6. The molecule has 1 fully saturated rings. The summed E-state index contributed by atoms with van der Waals surface area (Å²) in [4.78, 5) is 42.9. The summed E-state index contributed by atoms with van der Waals surface area (Å²) in [5.74, 6) is -2.12. The van der Waals surface area contributed by atoms with Crippen LogP contribution in [0, 0.1) is 0 Å².